The molecule has 1 aliphatic rings. The summed E-state index contributed by atoms with van der Waals surface area (Å²) in [6.45, 7) is 5.49. The first-order valence-corrected chi connectivity index (χ1v) is 9.95. The topological polar surface area (TPSA) is 65.5 Å². The van der Waals surface area contributed by atoms with Gasteiger partial charge in [0.05, 0.1) is 0 Å². The van der Waals surface area contributed by atoms with Gasteiger partial charge in [-0.05, 0) is 43.3 Å². The second kappa shape index (κ2) is 7.95. The molecule has 6 nitrogen and oxygen atoms in total. The van der Waals surface area contributed by atoms with E-state index in [9.17, 15) is 8.42 Å². The number of sulfonamides is 1. The highest BCUT2D eigenvalue weighted by atomic mass is 32.2. The third-order valence-corrected chi connectivity index (χ3v) is 5.73. The Balaban J connectivity index is 1.55. The van der Waals surface area contributed by atoms with Crippen molar-refractivity contribution in [1.29, 1.82) is 0 Å². The van der Waals surface area contributed by atoms with E-state index in [1.807, 2.05) is 12.1 Å². The van der Waals surface area contributed by atoms with Crippen LogP contribution in [0.25, 0.3) is 0 Å². The Bertz CT molecular complexity index is 770. The maximum atomic E-state index is 12.3. The molecule has 1 aromatic heterocycles. The quantitative estimate of drug-likeness (QED) is 0.849. The van der Waals surface area contributed by atoms with Gasteiger partial charge in [0, 0.05) is 44.6 Å². The minimum Gasteiger partial charge on any atom is -0.304 e. The molecule has 0 unspecified atom stereocenters. The highest BCUT2D eigenvalue weighted by Crippen LogP contribution is 2.15. The fourth-order valence-electron chi connectivity index (χ4n) is 2.81. The molecule has 25 heavy (non-hydrogen) atoms. The lowest BCUT2D eigenvalue weighted by Gasteiger charge is -2.32. The number of hydrogen-bond donors (Lipinski definition) is 1. The second-order valence-corrected chi connectivity index (χ2v) is 7.99. The van der Waals surface area contributed by atoms with Gasteiger partial charge in [0.25, 0.3) is 10.0 Å². The molecule has 1 fully saturated rings. The average Bonchev–Trinajstić information content (AvgIpc) is 2.63. The summed E-state index contributed by atoms with van der Waals surface area (Å²) < 4.78 is 27.1. The first-order valence-electron chi connectivity index (χ1n) is 8.47. The van der Waals surface area contributed by atoms with Gasteiger partial charge < -0.3 is 9.80 Å². The zero-order valence-corrected chi connectivity index (χ0v) is 15.2. The lowest BCUT2D eigenvalue weighted by molar-refractivity contribution is 0.155. The molecule has 0 radical (unpaired) electrons. The molecule has 0 atom stereocenters. The van der Waals surface area contributed by atoms with Crippen LogP contribution in [0, 0.1) is 0 Å². The largest absolute Gasteiger partial charge is 0.304 e. The Morgan fingerprint density at radius 2 is 1.76 bits per heavy atom. The molecule has 3 rings (SSSR count). The van der Waals surface area contributed by atoms with Crippen LogP contribution in [0.5, 0.6) is 0 Å². The van der Waals surface area contributed by atoms with E-state index in [1.165, 1.54) is 17.8 Å². The summed E-state index contributed by atoms with van der Waals surface area (Å²) in [5.41, 5.74) is 1.76. The Morgan fingerprint density at radius 1 is 1.04 bits per heavy atom. The first-order chi connectivity index (χ1) is 12.0. The van der Waals surface area contributed by atoms with Crippen molar-refractivity contribution in [3.63, 3.8) is 0 Å². The standard InChI is InChI=1S/C18H24N4O2S/c1-21-12-14-22(15-13-21)11-9-16-5-7-17(8-6-16)20-25(23,24)18-4-2-3-10-19-18/h2-8,10,20H,9,11-15H2,1H3. The Morgan fingerprint density at radius 3 is 2.40 bits per heavy atom. The Labute approximate surface area is 149 Å². The van der Waals surface area contributed by atoms with Crippen molar-refractivity contribution in [2.24, 2.45) is 0 Å². The number of pyridine rings is 1. The van der Waals surface area contributed by atoms with E-state index in [4.69, 9.17) is 0 Å². The minimum absolute atomic E-state index is 0.0224. The zero-order chi connectivity index (χ0) is 17.7. The van der Waals surface area contributed by atoms with Crippen molar-refractivity contribution < 1.29 is 8.42 Å². The van der Waals surface area contributed by atoms with Crippen LogP contribution < -0.4 is 4.72 Å². The number of likely N-dealkylation sites (N-methyl/N-ethyl adjacent to an activating group) is 1. The number of benzene rings is 1. The van der Waals surface area contributed by atoms with Gasteiger partial charge in [-0.15, -0.1) is 0 Å². The zero-order valence-electron chi connectivity index (χ0n) is 14.4. The maximum absolute atomic E-state index is 12.3. The highest BCUT2D eigenvalue weighted by molar-refractivity contribution is 7.92. The number of anilines is 1. The molecule has 0 aliphatic carbocycles. The summed E-state index contributed by atoms with van der Waals surface area (Å²) in [5.74, 6) is 0. The van der Waals surface area contributed by atoms with E-state index in [1.54, 1.807) is 24.3 Å². The SMILES string of the molecule is CN1CCN(CCc2ccc(NS(=O)(=O)c3ccccn3)cc2)CC1. The molecule has 2 aromatic rings. The van der Waals surface area contributed by atoms with Crippen LogP contribution in [0.4, 0.5) is 5.69 Å². The molecule has 2 heterocycles. The van der Waals surface area contributed by atoms with Gasteiger partial charge in [-0.3, -0.25) is 4.72 Å². The van der Waals surface area contributed by atoms with Crippen LogP contribution in [0.3, 0.4) is 0 Å². The lowest BCUT2D eigenvalue weighted by Crippen LogP contribution is -2.45. The van der Waals surface area contributed by atoms with Gasteiger partial charge in [0.2, 0.25) is 0 Å². The minimum atomic E-state index is -3.63. The van der Waals surface area contributed by atoms with E-state index in [2.05, 4.69) is 26.6 Å². The third kappa shape index (κ3) is 5.01. The van der Waals surface area contributed by atoms with Crippen LogP contribution in [0.15, 0.2) is 53.7 Å². The summed E-state index contributed by atoms with van der Waals surface area (Å²) >= 11 is 0. The monoisotopic (exact) mass is 360 g/mol. The van der Waals surface area contributed by atoms with Crippen LogP contribution in [-0.4, -0.2) is 63.0 Å². The molecule has 1 aliphatic heterocycles. The van der Waals surface area contributed by atoms with E-state index >= 15 is 0 Å². The molecule has 0 saturated carbocycles. The second-order valence-electron chi connectivity index (χ2n) is 6.37. The van der Waals surface area contributed by atoms with Crippen molar-refractivity contribution >= 4 is 15.7 Å². The molecule has 0 spiro atoms. The molecule has 0 bridgehead atoms. The summed E-state index contributed by atoms with van der Waals surface area (Å²) in [6, 6.07) is 12.4. The van der Waals surface area contributed by atoms with Crippen molar-refractivity contribution in [3.05, 3.63) is 54.2 Å². The van der Waals surface area contributed by atoms with Gasteiger partial charge in [0.1, 0.15) is 0 Å². The summed E-state index contributed by atoms with van der Waals surface area (Å²) in [7, 11) is -1.48. The smallest absolute Gasteiger partial charge is 0.279 e. The molecule has 1 saturated heterocycles. The molecular weight excluding hydrogens is 336 g/mol. The van der Waals surface area contributed by atoms with Crippen molar-refractivity contribution in [1.82, 2.24) is 14.8 Å². The first kappa shape index (κ1) is 17.8. The summed E-state index contributed by atoms with van der Waals surface area (Å²) in [6.07, 6.45) is 2.44. The van der Waals surface area contributed by atoms with Crippen molar-refractivity contribution in [2.75, 3.05) is 44.5 Å². The van der Waals surface area contributed by atoms with Gasteiger partial charge in [0.15, 0.2) is 5.03 Å². The Kier molecular flexibility index (Phi) is 5.67. The highest BCUT2D eigenvalue weighted by Gasteiger charge is 2.15. The fourth-order valence-corrected chi connectivity index (χ4v) is 3.82. The number of nitrogens with one attached hydrogen (secondary N) is 1. The van der Waals surface area contributed by atoms with Crippen molar-refractivity contribution in [2.45, 2.75) is 11.4 Å². The van der Waals surface area contributed by atoms with Crippen LogP contribution in [0.2, 0.25) is 0 Å². The predicted molar refractivity (Wildman–Crippen MR) is 99.1 cm³/mol. The van der Waals surface area contributed by atoms with Gasteiger partial charge in [-0.25, -0.2) is 4.98 Å². The van der Waals surface area contributed by atoms with Crippen LogP contribution in [0.1, 0.15) is 5.56 Å². The van der Waals surface area contributed by atoms with Gasteiger partial charge in [-0.1, -0.05) is 18.2 Å². The fraction of sp³-hybridized carbons (Fsp3) is 0.389. The average molecular weight is 360 g/mol. The van der Waals surface area contributed by atoms with E-state index in [0.29, 0.717) is 5.69 Å². The summed E-state index contributed by atoms with van der Waals surface area (Å²) in [5, 5.41) is 0.0224. The molecule has 1 aromatic carbocycles. The maximum Gasteiger partial charge on any atom is 0.279 e. The predicted octanol–water partition coefficient (Wildman–Crippen LogP) is 1.67. The van der Waals surface area contributed by atoms with Crippen LogP contribution in [-0.2, 0) is 16.4 Å². The normalized spacial score (nSPS) is 16.7. The Hall–Kier alpha value is -1.96. The van der Waals surface area contributed by atoms with Gasteiger partial charge in [-0.2, -0.15) is 8.42 Å². The van der Waals surface area contributed by atoms with Crippen molar-refractivity contribution in [3.8, 4) is 0 Å². The number of hydrogen-bond acceptors (Lipinski definition) is 5. The number of aromatic nitrogens is 1. The molecular formula is C18H24N4O2S. The van der Waals surface area contributed by atoms with Crippen LogP contribution >= 0.6 is 0 Å². The molecule has 1 N–H and O–H groups in total. The van der Waals surface area contributed by atoms with Gasteiger partial charge >= 0.3 is 0 Å². The molecule has 7 heteroatoms. The van der Waals surface area contributed by atoms with E-state index < -0.39 is 10.0 Å². The van der Waals surface area contributed by atoms with E-state index in [0.717, 1.165) is 39.1 Å². The molecule has 0 amide bonds. The number of nitrogens with zero attached hydrogens (tertiary/aromatic N) is 3. The summed E-state index contributed by atoms with van der Waals surface area (Å²) in [4.78, 5) is 8.71. The van der Waals surface area contributed by atoms with E-state index in [-0.39, 0.29) is 5.03 Å². The number of piperazine rings is 1. The third-order valence-electron chi connectivity index (χ3n) is 4.43. The number of rotatable bonds is 6. The molecule has 134 valence electrons. The lowest BCUT2D eigenvalue weighted by atomic mass is 10.1.